The van der Waals surface area contributed by atoms with Gasteiger partial charge in [0.25, 0.3) is 0 Å². The highest BCUT2D eigenvalue weighted by molar-refractivity contribution is 5.98. The highest BCUT2D eigenvalue weighted by Crippen LogP contribution is 2.39. The Bertz CT molecular complexity index is 862. The Kier molecular flexibility index (Phi) is 3.28. The van der Waals surface area contributed by atoms with E-state index in [9.17, 15) is 18.0 Å². The number of alkyl halides is 3. The van der Waals surface area contributed by atoms with Crippen molar-refractivity contribution in [2.24, 2.45) is 0 Å². The summed E-state index contributed by atoms with van der Waals surface area (Å²) in [7, 11) is 0. The number of carbonyl (C=O) groups is 1. The summed E-state index contributed by atoms with van der Waals surface area (Å²) in [5, 5.41) is 0.712. The van der Waals surface area contributed by atoms with Crippen LogP contribution in [0.2, 0.25) is 0 Å². The van der Waals surface area contributed by atoms with E-state index in [1.807, 2.05) is 0 Å². The summed E-state index contributed by atoms with van der Waals surface area (Å²) < 4.78 is 40.2. The topological polar surface area (TPSA) is 32.9 Å². The minimum absolute atomic E-state index is 0.0531. The summed E-state index contributed by atoms with van der Waals surface area (Å²) in [6.07, 6.45) is -2.84. The number of carbonyl (C=O) groups excluding carboxylic acids is 1. The second-order valence-electron chi connectivity index (χ2n) is 5.06. The van der Waals surface area contributed by atoms with Gasteiger partial charge < -0.3 is 4.98 Å². The van der Waals surface area contributed by atoms with E-state index in [-0.39, 0.29) is 11.1 Å². The molecular formula is C17H12F3NO. The normalized spacial score (nSPS) is 11.8. The van der Waals surface area contributed by atoms with Crippen LogP contribution in [0.1, 0.15) is 22.8 Å². The van der Waals surface area contributed by atoms with E-state index in [0.29, 0.717) is 10.9 Å². The molecule has 1 N–H and O–H groups in total. The molecule has 3 rings (SSSR count). The summed E-state index contributed by atoms with van der Waals surface area (Å²) in [4.78, 5) is 14.4. The molecule has 0 bridgehead atoms. The standard InChI is InChI=1S/C17H12F3NO/c1-10(22)11-5-6-13(15(9-11)17(18,19)20)12-3-2-4-16-14(12)7-8-21-16/h2-9,21H,1H3. The predicted octanol–water partition coefficient (Wildman–Crippen LogP) is 5.06. The number of hydrogen-bond acceptors (Lipinski definition) is 1. The first-order valence-electron chi connectivity index (χ1n) is 6.66. The molecule has 0 saturated heterocycles. The number of fused-ring (bicyclic) bond motifs is 1. The highest BCUT2D eigenvalue weighted by atomic mass is 19.4. The molecule has 0 radical (unpaired) electrons. The van der Waals surface area contributed by atoms with Gasteiger partial charge in [0.05, 0.1) is 5.56 Å². The number of benzene rings is 2. The zero-order valence-corrected chi connectivity index (χ0v) is 11.7. The van der Waals surface area contributed by atoms with Crippen molar-refractivity contribution < 1.29 is 18.0 Å². The number of H-pyrrole nitrogens is 1. The number of ketones is 1. The van der Waals surface area contributed by atoms with Gasteiger partial charge >= 0.3 is 6.18 Å². The lowest BCUT2D eigenvalue weighted by atomic mass is 9.94. The largest absolute Gasteiger partial charge is 0.417 e. The molecule has 1 aromatic heterocycles. The van der Waals surface area contributed by atoms with Crippen molar-refractivity contribution in [3.05, 3.63) is 59.8 Å². The van der Waals surface area contributed by atoms with Crippen molar-refractivity contribution >= 4 is 16.7 Å². The van der Waals surface area contributed by atoms with Gasteiger partial charge in [-0.05, 0) is 36.2 Å². The van der Waals surface area contributed by atoms with Crippen LogP contribution in [-0.4, -0.2) is 10.8 Å². The zero-order chi connectivity index (χ0) is 15.9. The van der Waals surface area contributed by atoms with Crippen LogP contribution in [-0.2, 0) is 6.18 Å². The molecule has 0 spiro atoms. The van der Waals surface area contributed by atoms with Gasteiger partial charge in [0.2, 0.25) is 0 Å². The van der Waals surface area contributed by atoms with E-state index >= 15 is 0 Å². The Balaban J connectivity index is 2.31. The van der Waals surface area contributed by atoms with E-state index < -0.39 is 17.5 Å². The fourth-order valence-electron chi connectivity index (χ4n) is 2.55. The number of aromatic amines is 1. The molecule has 5 heteroatoms. The SMILES string of the molecule is CC(=O)c1ccc(-c2cccc3[nH]ccc23)c(C(F)(F)F)c1. The van der Waals surface area contributed by atoms with Crippen molar-refractivity contribution in [1.29, 1.82) is 0 Å². The molecule has 2 nitrogen and oxygen atoms in total. The minimum Gasteiger partial charge on any atom is -0.361 e. The Morgan fingerprint density at radius 3 is 2.50 bits per heavy atom. The summed E-state index contributed by atoms with van der Waals surface area (Å²) in [5.74, 6) is -0.392. The van der Waals surface area contributed by atoms with Crippen LogP contribution in [0.5, 0.6) is 0 Å². The summed E-state index contributed by atoms with van der Waals surface area (Å²) in [6, 6.07) is 10.6. The number of rotatable bonds is 2. The van der Waals surface area contributed by atoms with Crippen LogP contribution in [0.3, 0.4) is 0 Å². The van der Waals surface area contributed by atoms with Gasteiger partial charge in [-0.25, -0.2) is 0 Å². The van der Waals surface area contributed by atoms with Gasteiger partial charge in [-0.1, -0.05) is 24.3 Å². The van der Waals surface area contributed by atoms with Crippen LogP contribution in [0, 0.1) is 0 Å². The Morgan fingerprint density at radius 2 is 1.82 bits per heavy atom. The lowest BCUT2D eigenvalue weighted by molar-refractivity contribution is -0.137. The molecule has 0 aliphatic heterocycles. The molecular weight excluding hydrogens is 291 g/mol. The molecule has 22 heavy (non-hydrogen) atoms. The van der Waals surface area contributed by atoms with Crippen molar-refractivity contribution in [3.8, 4) is 11.1 Å². The Labute approximate surface area is 124 Å². The summed E-state index contributed by atoms with van der Waals surface area (Å²) in [5.41, 5.74) is 0.580. The number of aromatic nitrogens is 1. The average Bonchev–Trinajstić information content (AvgIpc) is 2.94. The van der Waals surface area contributed by atoms with E-state index in [0.717, 1.165) is 11.6 Å². The Morgan fingerprint density at radius 1 is 1.05 bits per heavy atom. The third kappa shape index (κ3) is 2.39. The molecule has 0 atom stereocenters. The van der Waals surface area contributed by atoms with Crippen LogP contribution < -0.4 is 0 Å². The Hall–Kier alpha value is -2.56. The minimum atomic E-state index is -4.53. The molecule has 0 amide bonds. The highest BCUT2D eigenvalue weighted by Gasteiger charge is 2.34. The molecule has 2 aromatic carbocycles. The molecule has 3 aromatic rings. The van der Waals surface area contributed by atoms with Gasteiger partial charge in [-0.3, -0.25) is 4.79 Å². The number of hydrogen-bond donors (Lipinski definition) is 1. The fourth-order valence-corrected chi connectivity index (χ4v) is 2.55. The first-order chi connectivity index (χ1) is 10.4. The maximum Gasteiger partial charge on any atom is 0.417 e. The van der Waals surface area contributed by atoms with E-state index in [4.69, 9.17) is 0 Å². The van der Waals surface area contributed by atoms with Crippen molar-refractivity contribution in [1.82, 2.24) is 4.98 Å². The smallest absolute Gasteiger partial charge is 0.361 e. The van der Waals surface area contributed by atoms with E-state index in [2.05, 4.69) is 4.98 Å². The lowest BCUT2D eigenvalue weighted by Crippen LogP contribution is -2.09. The van der Waals surface area contributed by atoms with Gasteiger partial charge in [0, 0.05) is 22.7 Å². The second-order valence-corrected chi connectivity index (χ2v) is 5.06. The predicted molar refractivity (Wildman–Crippen MR) is 78.7 cm³/mol. The molecule has 0 aliphatic carbocycles. The first kappa shape index (κ1) is 14.4. The maximum atomic E-state index is 13.4. The van der Waals surface area contributed by atoms with Crippen LogP contribution in [0.15, 0.2) is 48.7 Å². The zero-order valence-electron chi connectivity index (χ0n) is 11.7. The molecule has 0 aliphatic rings. The number of Topliss-reactive ketones (excluding diaryl/α,β-unsaturated/α-hetero) is 1. The summed E-state index contributed by atoms with van der Waals surface area (Å²) in [6.45, 7) is 1.25. The van der Waals surface area contributed by atoms with Gasteiger partial charge in [-0.2, -0.15) is 13.2 Å². The molecule has 1 heterocycles. The molecule has 112 valence electrons. The quantitative estimate of drug-likeness (QED) is 0.660. The fraction of sp³-hybridized carbons (Fsp3) is 0.118. The number of halogens is 3. The molecule has 0 fully saturated rings. The summed E-state index contributed by atoms with van der Waals surface area (Å²) >= 11 is 0. The third-order valence-corrected chi connectivity index (χ3v) is 3.62. The van der Waals surface area contributed by atoms with Crippen molar-refractivity contribution in [3.63, 3.8) is 0 Å². The average molecular weight is 303 g/mol. The van der Waals surface area contributed by atoms with Crippen LogP contribution in [0.25, 0.3) is 22.0 Å². The van der Waals surface area contributed by atoms with Crippen molar-refractivity contribution in [2.45, 2.75) is 13.1 Å². The monoisotopic (exact) mass is 303 g/mol. The third-order valence-electron chi connectivity index (χ3n) is 3.62. The second kappa shape index (κ2) is 5.02. The van der Waals surface area contributed by atoms with Gasteiger partial charge in [0.15, 0.2) is 5.78 Å². The van der Waals surface area contributed by atoms with Crippen LogP contribution >= 0.6 is 0 Å². The number of nitrogens with one attached hydrogen (secondary N) is 1. The van der Waals surface area contributed by atoms with Gasteiger partial charge in [0.1, 0.15) is 0 Å². The van der Waals surface area contributed by atoms with Gasteiger partial charge in [-0.15, -0.1) is 0 Å². The maximum absolute atomic E-state index is 13.4. The van der Waals surface area contributed by atoms with E-state index in [1.54, 1.807) is 30.5 Å². The van der Waals surface area contributed by atoms with Crippen LogP contribution in [0.4, 0.5) is 13.2 Å². The lowest BCUT2D eigenvalue weighted by Gasteiger charge is -2.15. The molecule has 0 unspecified atom stereocenters. The molecule has 0 saturated carbocycles. The van der Waals surface area contributed by atoms with E-state index in [1.165, 1.54) is 19.1 Å². The van der Waals surface area contributed by atoms with Crippen molar-refractivity contribution in [2.75, 3.05) is 0 Å². The first-order valence-corrected chi connectivity index (χ1v) is 6.66.